The summed E-state index contributed by atoms with van der Waals surface area (Å²) in [6.45, 7) is 11.5. The lowest BCUT2D eigenvalue weighted by molar-refractivity contribution is -0.148. The first-order valence-electron chi connectivity index (χ1n) is 8.84. The van der Waals surface area contributed by atoms with Crippen LogP contribution in [0.5, 0.6) is 0 Å². The molecule has 0 saturated carbocycles. The van der Waals surface area contributed by atoms with Crippen LogP contribution in [-0.4, -0.2) is 35.9 Å². The summed E-state index contributed by atoms with van der Waals surface area (Å²) >= 11 is 0. The van der Waals surface area contributed by atoms with Gasteiger partial charge in [0, 0.05) is 17.6 Å². The van der Waals surface area contributed by atoms with Gasteiger partial charge >= 0.3 is 11.9 Å². The number of allylic oxidation sites excluding steroid dienone is 2. The molecule has 2 aliphatic heterocycles. The Hall–Kier alpha value is -1.88. The van der Waals surface area contributed by atoms with E-state index in [1.54, 1.807) is 19.9 Å². The molecule has 0 aromatic heterocycles. The van der Waals surface area contributed by atoms with Gasteiger partial charge in [-0.1, -0.05) is 24.3 Å². The van der Waals surface area contributed by atoms with Crippen LogP contribution in [0.4, 0.5) is 0 Å². The Labute approximate surface area is 148 Å². The molecule has 2 heterocycles. The van der Waals surface area contributed by atoms with E-state index in [0.29, 0.717) is 17.6 Å². The third-order valence-corrected chi connectivity index (χ3v) is 5.57. The van der Waals surface area contributed by atoms with Gasteiger partial charge in [-0.3, -0.25) is 0 Å². The molecule has 0 bridgehead atoms. The summed E-state index contributed by atoms with van der Waals surface area (Å²) in [7, 11) is 0. The number of epoxide rings is 1. The number of rotatable bonds is 2. The lowest BCUT2D eigenvalue weighted by atomic mass is 9.82. The van der Waals surface area contributed by atoms with Crippen molar-refractivity contribution in [1.29, 1.82) is 0 Å². The summed E-state index contributed by atoms with van der Waals surface area (Å²) in [4.78, 5) is 24.5. The van der Waals surface area contributed by atoms with Crippen molar-refractivity contribution in [3.8, 4) is 0 Å². The Morgan fingerprint density at radius 3 is 2.88 bits per heavy atom. The maximum atomic E-state index is 12.3. The van der Waals surface area contributed by atoms with E-state index in [-0.39, 0.29) is 23.6 Å². The highest BCUT2D eigenvalue weighted by molar-refractivity contribution is 5.91. The third-order valence-electron chi connectivity index (χ3n) is 5.57. The minimum absolute atomic E-state index is 0.170. The minimum Gasteiger partial charge on any atom is -0.458 e. The molecule has 2 fully saturated rings. The molecule has 0 amide bonds. The summed E-state index contributed by atoms with van der Waals surface area (Å²) < 4.78 is 17.3. The molecule has 0 unspecified atom stereocenters. The van der Waals surface area contributed by atoms with E-state index in [1.807, 2.05) is 13.8 Å². The van der Waals surface area contributed by atoms with Crippen molar-refractivity contribution >= 4 is 11.9 Å². The van der Waals surface area contributed by atoms with E-state index in [9.17, 15) is 9.59 Å². The van der Waals surface area contributed by atoms with E-state index < -0.39 is 18.2 Å². The molecule has 3 aliphatic rings. The second-order valence-electron chi connectivity index (χ2n) is 7.48. The van der Waals surface area contributed by atoms with Crippen LogP contribution in [-0.2, 0) is 23.8 Å². The van der Waals surface area contributed by atoms with Gasteiger partial charge < -0.3 is 14.2 Å². The molecule has 1 aliphatic carbocycles. The number of carbonyl (C=O) groups is 2. The molecule has 0 radical (unpaired) electrons. The van der Waals surface area contributed by atoms with E-state index in [2.05, 4.69) is 12.7 Å². The first-order valence-corrected chi connectivity index (χ1v) is 8.84. The van der Waals surface area contributed by atoms with Crippen molar-refractivity contribution < 1.29 is 23.8 Å². The van der Waals surface area contributed by atoms with Crippen LogP contribution in [0.15, 0.2) is 35.5 Å². The SMILES string of the molecule is C=C1C(=O)O[C@@H]2[C@H]1[C@@H](OC(=O)/C(C)=C\C)C/C(C)=C/CC[C@]1(C)O[C@@H]21. The molecule has 0 aromatic carbocycles. The first-order chi connectivity index (χ1) is 11.8. The Balaban J connectivity index is 1.94. The maximum absolute atomic E-state index is 12.3. The van der Waals surface area contributed by atoms with Crippen molar-refractivity contribution in [3.05, 3.63) is 35.5 Å². The predicted octanol–water partition coefficient (Wildman–Crippen LogP) is 3.25. The summed E-state index contributed by atoms with van der Waals surface area (Å²) in [5, 5.41) is 0. The van der Waals surface area contributed by atoms with Gasteiger partial charge in [0.2, 0.25) is 0 Å². The normalized spacial score (nSPS) is 40.3. The molecule has 136 valence electrons. The van der Waals surface area contributed by atoms with Gasteiger partial charge in [-0.25, -0.2) is 9.59 Å². The number of carbonyl (C=O) groups excluding carboxylic acids is 2. The number of esters is 2. The fourth-order valence-corrected chi connectivity index (χ4v) is 3.76. The van der Waals surface area contributed by atoms with Crippen LogP contribution in [0.1, 0.15) is 47.0 Å². The molecule has 2 saturated heterocycles. The van der Waals surface area contributed by atoms with Gasteiger partial charge in [0.1, 0.15) is 18.3 Å². The fourth-order valence-electron chi connectivity index (χ4n) is 3.76. The van der Waals surface area contributed by atoms with Crippen LogP contribution in [0.3, 0.4) is 0 Å². The number of hydrogen-bond acceptors (Lipinski definition) is 5. The Morgan fingerprint density at radius 2 is 2.20 bits per heavy atom. The van der Waals surface area contributed by atoms with Gasteiger partial charge in [-0.2, -0.15) is 0 Å². The molecular formula is C20H26O5. The van der Waals surface area contributed by atoms with Crippen molar-refractivity contribution in [1.82, 2.24) is 0 Å². The first kappa shape index (κ1) is 17.9. The fraction of sp³-hybridized carbons (Fsp3) is 0.600. The minimum atomic E-state index is -0.492. The predicted molar refractivity (Wildman–Crippen MR) is 92.7 cm³/mol. The summed E-state index contributed by atoms with van der Waals surface area (Å²) in [6, 6.07) is 0. The van der Waals surface area contributed by atoms with E-state index in [0.717, 1.165) is 18.4 Å². The zero-order valence-electron chi connectivity index (χ0n) is 15.3. The second kappa shape index (κ2) is 6.45. The molecule has 5 atom stereocenters. The second-order valence-corrected chi connectivity index (χ2v) is 7.48. The van der Waals surface area contributed by atoms with Gasteiger partial charge in [0.25, 0.3) is 0 Å². The molecule has 5 nitrogen and oxygen atoms in total. The van der Waals surface area contributed by atoms with Crippen LogP contribution < -0.4 is 0 Å². The van der Waals surface area contributed by atoms with Crippen LogP contribution in [0, 0.1) is 5.92 Å². The lowest BCUT2D eigenvalue weighted by Gasteiger charge is -2.28. The lowest BCUT2D eigenvalue weighted by Crippen LogP contribution is -2.38. The highest BCUT2D eigenvalue weighted by Crippen LogP contribution is 2.50. The standard InChI is InChI=1S/C20H26O5/c1-6-12(3)18(21)23-14-10-11(2)8-7-9-20(5)17(25-20)16-15(14)13(4)19(22)24-16/h6,8,14-17H,4,7,9-10H2,1-3,5H3/b11-8+,12-6-/t14-,15+,16+,17-,20-/m0/s1. The van der Waals surface area contributed by atoms with Gasteiger partial charge in [0.15, 0.2) is 0 Å². The molecule has 0 N–H and O–H groups in total. The monoisotopic (exact) mass is 346 g/mol. The number of ether oxygens (including phenoxy) is 3. The summed E-state index contributed by atoms with van der Waals surface area (Å²) in [6.07, 6.45) is 5.10. The quantitative estimate of drug-likeness (QED) is 0.332. The smallest absolute Gasteiger partial charge is 0.334 e. The highest BCUT2D eigenvalue weighted by atomic mass is 16.6. The van der Waals surface area contributed by atoms with Gasteiger partial charge in [0.05, 0.1) is 11.5 Å². The molecule has 0 aromatic rings. The third kappa shape index (κ3) is 3.30. The average Bonchev–Trinajstić information content (AvgIpc) is 3.13. The number of fused-ring (bicyclic) bond motifs is 3. The molecule has 5 heteroatoms. The Bertz CT molecular complexity index is 674. The summed E-state index contributed by atoms with van der Waals surface area (Å²) in [5.74, 6) is -1.17. The van der Waals surface area contributed by atoms with E-state index in [1.165, 1.54) is 0 Å². The van der Waals surface area contributed by atoms with Gasteiger partial charge in [-0.15, -0.1) is 0 Å². The molecule has 3 rings (SSSR count). The topological polar surface area (TPSA) is 65.1 Å². The largest absolute Gasteiger partial charge is 0.458 e. The Morgan fingerprint density at radius 1 is 1.48 bits per heavy atom. The zero-order valence-corrected chi connectivity index (χ0v) is 15.3. The van der Waals surface area contributed by atoms with Crippen molar-refractivity contribution in [2.75, 3.05) is 0 Å². The summed E-state index contributed by atoms with van der Waals surface area (Å²) in [5.41, 5.74) is 1.74. The van der Waals surface area contributed by atoms with Crippen LogP contribution in [0.25, 0.3) is 0 Å². The number of hydrogen-bond donors (Lipinski definition) is 0. The zero-order chi connectivity index (χ0) is 18.4. The molecule has 0 spiro atoms. The van der Waals surface area contributed by atoms with Crippen molar-refractivity contribution in [3.63, 3.8) is 0 Å². The highest BCUT2D eigenvalue weighted by Gasteiger charge is 2.63. The van der Waals surface area contributed by atoms with Crippen LogP contribution >= 0.6 is 0 Å². The van der Waals surface area contributed by atoms with Crippen molar-refractivity contribution in [2.45, 2.75) is 70.9 Å². The van der Waals surface area contributed by atoms with Crippen LogP contribution in [0.2, 0.25) is 0 Å². The molecule has 25 heavy (non-hydrogen) atoms. The maximum Gasteiger partial charge on any atom is 0.334 e. The van der Waals surface area contributed by atoms with Crippen molar-refractivity contribution in [2.24, 2.45) is 5.92 Å². The van der Waals surface area contributed by atoms with E-state index in [4.69, 9.17) is 14.2 Å². The average molecular weight is 346 g/mol. The van der Waals surface area contributed by atoms with Gasteiger partial charge in [-0.05, 0) is 40.5 Å². The van der Waals surface area contributed by atoms with E-state index >= 15 is 0 Å². The molecular weight excluding hydrogens is 320 g/mol. The Kier molecular flexibility index (Phi) is 4.62.